The summed E-state index contributed by atoms with van der Waals surface area (Å²) in [5, 5.41) is 10.6. The number of rotatable bonds is 6. The molecule has 1 rings (SSSR count). The summed E-state index contributed by atoms with van der Waals surface area (Å²) < 4.78 is 5.16. The minimum atomic E-state index is -0.432. The lowest BCUT2D eigenvalue weighted by molar-refractivity contribution is -0.483. The minimum absolute atomic E-state index is 0.0669. The number of hydrogen-bond acceptors (Lipinski definition) is 4. The predicted molar refractivity (Wildman–Crippen MR) is 62.9 cm³/mol. The van der Waals surface area contributed by atoms with Crippen molar-refractivity contribution < 1.29 is 14.5 Å². The molecule has 0 radical (unpaired) electrons. The summed E-state index contributed by atoms with van der Waals surface area (Å²) >= 11 is 0. The van der Waals surface area contributed by atoms with Crippen LogP contribution in [0, 0.1) is 10.1 Å². The van der Waals surface area contributed by atoms with Gasteiger partial charge in [0.15, 0.2) is 0 Å². The van der Waals surface area contributed by atoms with Gasteiger partial charge in [0.1, 0.15) is 11.5 Å². The number of ether oxygens (including phenoxy) is 1. The summed E-state index contributed by atoms with van der Waals surface area (Å²) in [6, 6.07) is 7.07. The van der Waals surface area contributed by atoms with Gasteiger partial charge < -0.3 is 9.53 Å². The Hall–Kier alpha value is -1.91. The molecule has 0 aliphatic heterocycles. The number of carbonyl (C=O) groups is 1. The van der Waals surface area contributed by atoms with Crippen LogP contribution in [0.2, 0.25) is 0 Å². The van der Waals surface area contributed by atoms with Crippen LogP contribution in [0.5, 0.6) is 5.75 Å². The topological polar surface area (TPSA) is 69.4 Å². The molecule has 0 aliphatic carbocycles. The van der Waals surface area contributed by atoms with E-state index >= 15 is 0 Å². The normalized spacial score (nSPS) is 11.9. The largest absolute Gasteiger partial charge is 0.496 e. The molecular weight excluding hydrogens is 222 g/mol. The second kappa shape index (κ2) is 5.98. The van der Waals surface area contributed by atoms with E-state index in [9.17, 15) is 14.9 Å². The first-order valence-electron chi connectivity index (χ1n) is 5.28. The number of hydrogen-bond donors (Lipinski definition) is 0. The van der Waals surface area contributed by atoms with Crippen LogP contribution in [0.15, 0.2) is 24.3 Å². The second-order valence-corrected chi connectivity index (χ2v) is 3.86. The lowest BCUT2D eigenvalue weighted by Crippen LogP contribution is -2.16. The van der Waals surface area contributed by atoms with E-state index in [1.165, 1.54) is 14.0 Å². The Morgan fingerprint density at radius 1 is 1.47 bits per heavy atom. The van der Waals surface area contributed by atoms with Gasteiger partial charge in [0.05, 0.1) is 13.0 Å². The first kappa shape index (κ1) is 13.2. The van der Waals surface area contributed by atoms with Crippen LogP contribution in [-0.2, 0) is 4.79 Å². The van der Waals surface area contributed by atoms with E-state index in [0.29, 0.717) is 11.3 Å². The number of para-hydroxylation sites is 1. The fourth-order valence-corrected chi connectivity index (χ4v) is 1.80. The van der Waals surface area contributed by atoms with E-state index in [1.54, 1.807) is 24.3 Å². The molecule has 0 fully saturated rings. The van der Waals surface area contributed by atoms with Gasteiger partial charge in [-0.1, -0.05) is 18.2 Å². The third-order valence-electron chi connectivity index (χ3n) is 2.48. The smallest absolute Gasteiger partial charge is 0.211 e. The van der Waals surface area contributed by atoms with E-state index < -0.39 is 10.8 Å². The standard InChI is InChI=1S/C12H15NO4/c1-9(14)7-10(8-13(15)16)11-5-3-4-6-12(11)17-2/h3-6,10H,7-8H2,1-2H3/t10-/m0/s1. The van der Waals surface area contributed by atoms with Gasteiger partial charge >= 0.3 is 0 Å². The molecule has 17 heavy (non-hydrogen) atoms. The van der Waals surface area contributed by atoms with Crippen molar-refractivity contribution >= 4 is 5.78 Å². The molecular formula is C12H15NO4. The number of carbonyl (C=O) groups excluding carboxylic acids is 1. The van der Waals surface area contributed by atoms with Crippen molar-refractivity contribution in [3.63, 3.8) is 0 Å². The van der Waals surface area contributed by atoms with Gasteiger partial charge in [-0.05, 0) is 13.0 Å². The van der Waals surface area contributed by atoms with E-state index in [2.05, 4.69) is 0 Å². The number of nitro groups is 1. The molecule has 1 aromatic carbocycles. The van der Waals surface area contributed by atoms with Gasteiger partial charge in [0.2, 0.25) is 6.54 Å². The fraction of sp³-hybridized carbons (Fsp3) is 0.417. The number of nitrogens with zero attached hydrogens (tertiary/aromatic N) is 1. The molecule has 0 amide bonds. The van der Waals surface area contributed by atoms with Crippen LogP contribution in [-0.4, -0.2) is 24.4 Å². The van der Waals surface area contributed by atoms with Crippen LogP contribution in [0.25, 0.3) is 0 Å². The molecule has 0 saturated carbocycles. The SMILES string of the molecule is COc1ccccc1[C@@H](CC(C)=O)C[N+](=O)[O-]. The van der Waals surface area contributed by atoms with Crippen LogP contribution in [0.4, 0.5) is 0 Å². The molecule has 0 spiro atoms. The predicted octanol–water partition coefficient (Wildman–Crippen LogP) is 2.03. The van der Waals surface area contributed by atoms with E-state index in [4.69, 9.17) is 4.74 Å². The average Bonchev–Trinajstić information content (AvgIpc) is 2.27. The molecule has 1 atom stereocenters. The van der Waals surface area contributed by atoms with Crippen LogP contribution in [0.1, 0.15) is 24.8 Å². The molecule has 0 aliphatic rings. The third-order valence-corrected chi connectivity index (χ3v) is 2.48. The first-order valence-corrected chi connectivity index (χ1v) is 5.28. The lowest BCUT2D eigenvalue weighted by Gasteiger charge is -2.15. The maximum absolute atomic E-state index is 11.1. The molecule has 0 unspecified atom stereocenters. The van der Waals surface area contributed by atoms with Crippen LogP contribution in [0.3, 0.4) is 0 Å². The van der Waals surface area contributed by atoms with Gasteiger partial charge in [0, 0.05) is 16.9 Å². The number of methoxy groups -OCH3 is 1. The molecule has 0 saturated heterocycles. The Morgan fingerprint density at radius 2 is 2.12 bits per heavy atom. The Morgan fingerprint density at radius 3 is 2.65 bits per heavy atom. The highest BCUT2D eigenvalue weighted by Crippen LogP contribution is 2.29. The minimum Gasteiger partial charge on any atom is -0.496 e. The highest BCUT2D eigenvalue weighted by atomic mass is 16.6. The quantitative estimate of drug-likeness (QED) is 0.560. The summed E-state index contributed by atoms with van der Waals surface area (Å²) in [5.74, 6) is 0.0852. The summed E-state index contributed by atoms with van der Waals surface area (Å²) in [4.78, 5) is 21.4. The number of benzene rings is 1. The van der Waals surface area contributed by atoms with Gasteiger partial charge in [-0.15, -0.1) is 0 Å². The summed E-state index contributed by atoms with van der Waals surface area (Å²) in [5.41, 5.74) is 0.710. The van der Waals surface area contributed by atoms with Gasteiger partial charge in [0.25, 0.3) is 0 Å². The fourth-order valence-electron chi connectivity index (χ4n) is 1.80. The zero-order valence-corrected chi connectivity index (χ0v) is 9.88. The molecule has 0 heterocycles. The molecule has 5 nitrogen and oxygen atoms in total. The van der Waals surface area contributed by atoms with E-state index in [-0.39, 0.29) is 18.7 Å². The van der Waals surface area contributed by atoms with Crippen LogP contribution < -0.4 is 4.74 Å². The molecule has 92 valence electrons. The third kappa shape index (κ3) is 3.86. The van der Waals surface area contributed by atoms with Crippen molar-refractivity contribution in [1.29, 1.82) is 0 Å². The van der Waals surface area contributed by atoms with E-state index in [0.717, 1.165) is 0 Å². The Labute approximate surface area is 99.5 Å². The van der Waals surface area contributed by atoms with Gasteiger partial charge in [-0.2, -0.15) is 0 Å². The Bertz CT molecular complexity index is 401. The Kier molecular flexibility index (Phi) is 4.63. The molecule has 0 bridgehead atoms. The average molecular weight is 237 g/mol. The number of Topliss-reactive ketones (excluding diaryl/α,β-unsaturated/α-hetero) is 1. The molecule has 5 heteroatoms. The maximum Gasteiger partial charge on any atom is 0.211 e. The summed E-state index contributed by atoms with van der Waals surface area (Å²) in [7, 11) is 1.51. The van der Waals surface area contributed by atoms with Crippen LogP contribution >= 0.6 is 0 Å². The second-order valence-electron chi connectivity index (χ2n) is 3.86. The van der Waals surface area contributed by atoms with Crippen molar-refractivity contribution in [2.75, 3.05) is 13.7 Å². The lowest BCUT2D eigenvalue weighted by atomic mass is 9.93. The first-order chi connectivity index (χ1) is 8.04. The van der Waals surface area contributed by atoms with E-state index in [1.807, 2.05) is 0 Å². The van der Waals surface area contributed by atoms with Gasteiger partial charge in [-0.25, -0.2) is 0 Å². The maximum atomic E-state index is 11.1. The summed E-state index contributed by atoms with van der Waals surface area (Å²) in [6.45, 7) is 1.17. The zero-order chi connectivity index (χ0) is 12.8. The Balaban J connectivity index is 3.02. The van der Waals surface area contributed by atoms with Crippen molar-refractivity contribution in [2.45, 2.75) is 19.3 Å². The van der Waals surface area contributed by atoms with Crippen molar-refractivity contribution in [3.05, 3.63) is 39.9 Å². The monoisotopic (exact) mass is 237 g/mol. The van der Waals surface area contributed by atoms with Crippen molar-refractivity contribution in [2.24, 2.45) is 0 Å². The summed E-state index contributed by atoms with van der Waals surface area (Å²) in [6.07, 6.45) is 0.154. The highest BCUT2D eigenvalue weighted by molar-refractivity contribution is 5.76. The molecule has 1 aromatic rings. The zero-order valence-electron chi connectivity index (χ0n) is 9.88. The van der Waals surface area contributed by atoms with Gasteiger partial charge in [-0.3, -0.25) is 10.1 Å². The highest BCUT2D eigenvalue weighted by Gasteiger charge is 2.22. The van der Waals surface area contributed by atoms with Crippen molar-refractivity contribution in [1.82, 2.24) is 0 Å². The van der Waals surface area contributed by atoms with Crippen molar-refractivity contribution in [3.8, 4) is 5.75 Å². The molecule has 0 aromatic heterocycles. The molecule has 0 N–H and O–H groups in total. The number of ketones is 1.